The Morgan fingerprint density at radius 1 is 1.00 bits per heavy atom. The van der Waals surface area contributed by atoms with Gasteiger partial charge >= 0.3 is 5.97 Å². The standard InChI is InChI=1S/C14H22O2/c1-2-3-4-5-6-7-8-9-10-11-12-13-14(15)16/h8-13H,2-7H2,1H3,(H,15,16)/b9-8?,11-10?,13-12-. The fraction of sp³-hybridized carbons (Fsp3) is 0.500. The van der Waals surface area contributed by atoms with E-state index in [-0.39, 0.29) is 0 Å². The van der Waals surface area contributed by atoms with Crippen LogP contribution in [0.1, 0.15) is 45.4 Å². The van der Waals surface area contributed by atoms with Crippen molar-refractivity contribution in [3.05, 3.63) is 36.5 Å². The zero-order chi connectivity index (χ0) is 12.1. The first kappa shape index (κ1) is 14.7. The lowest BCUT2D eigenvalue weighted by Crippen LogP contribution is -1.84. The van der Waals surface area contributed by atoms with Crippen molar-refractivity contribution in [2.24, 2.45) is 0 Å². The lowest BCUT2D eigenvalue weighted by atomic mass is 10.1. The van der Waals surface area contributed by atoms with E-state index in [9.17, 15) is 4.79 Å². The molecule has 0 bridgehead atoms. The monoisotopic (exact) mass is 222 g/mol. The van der Waals surface area contributed by atoms with Crippen molar-refractivity contribution < 1.29 is 9.90 Å². The highest BCUT2D eigenvalue weighted by molar-refractivity contribution is 5.80. The zero-order valence-electron chi connectivity index (χ0n) is 10.1. The second-order valence-electron chi connectivity index (χ2n) is 3.71. The third kappa shape index (κ3) is 12.7. The van der Waals surface area contributed by atoms with Crippen LogP contribution >= 0.6 is 0 Å². The van der Waals surface area contributed by atoms with Crippen molar-refractivity contribution in [1.82, 2.24) is 0 Å². The first-order valence-electron chi connectivity index (χ1n) is 6.00. The third-order valence-corrected chi connectivity index (χ3v) is 2.18. The van der Waals surface area contributed by atoms with E-state index >= 15 is 0 Å². The van der Waals surface area contributed by atoms with Crippen LogP contribution in [0.3, 0.4) is 0 Å². The molecule has 0 fully saturated rings. The molecular formula is C14H22O2. The molecule has 0 aromatic rings. The highest BCUT2D eigenvalue weighted by atomic mass is 16.4. The number of aliphatic carboxylic acids is 1. The Balaban J connectivity index is 3.37. The van der Waals surface area contributed by atoms with Crippen LogP contribution in [-0.4, -0.2) is 11.1 Å². The second kappa shape index (κ2) is 11.8. The number of hydrogen-bond acceptors (Lipinski definition) is 1. The maximum atomic E-state index is 10.1. The largest absolute Gasteiger partial charge is 0.478 e. The van der Waals surface area contributed by atoms with Gasteiger partial charge < -0.3 is 5.11 Å². The van der Waals surface area contributed by atoms with Crippen molar-refractivity contribution in [2.75, 3.05) is 0 Å². The molecule has 0 aliphatic carbocycles. The molecule has 0 aromatic carbocycles. The summed E-state index contributed by atoms with van der Waals surface area (Å²) in [4.78, 5) is 10.1. The van der Waals surface area contributed by atoms with Crippen molar-refractivity contribution >= 4 is 5.97 Å². The van der Waals surface area contributed by atoms with Gasteiger partial charge in [-0.2, -0.15) is 0 Å². The summed E-state index contributed by atoms with van der Waals surface area (Å²) in [6.45, 7) is 2.22. The number of hydrogen-bond donors (Lipinski definition) is 1. The summed E-state index contributed by atoms with van der Waals surface area (Å²) in [6, 6.07) is 0. The zero-order valence-corrected chi connectivity index (χ0v) is 10.1. The second-order valence-corrected chi connectivity index (χ2v) is 3.71. The molecule has 0 aliphatic rings. The van der Waals surface area contributed by atoms with Crippen LogP contribution in [0.4, 0.5) is 0 Å². The first-order valence-corrected chi connectivity index (χ1v) is 6.00. The Kier molecular flexibility index (Phi) is 10.8. The fourth-order valence-electron chi connectivity index (χ4n) is 1.31. The van der Waals surface area contributed by atoms with Crippen LogP contribution < -0.4 is 0 Å². The maximum absolute atomic E-state index is 10.1. The van der Waals surface area contributed by atoms with E-state index in [4.69, 9.17) is 5.11 Å². The average Bonchev–Trinajstić information content (AvgIpc) is 2.25. The van der Waals surface area contributed by atoms with E-state index in [1.807, 2.05) is 12.2 Å². The summed E-state index contributed by atoms with van der Waals surface area (Å²) >= 11 is 0. The molecular weight excluding hydrogens is 200 g/mol. The highest BCUT2D eigenvalue weighted by Gasteiger charge is 1.85. The van der Waals surface area contributed by atoms with Gasteiger partial charge in [0.25, 0.3) is 0 Å². The van der Waals surface area contributed by atoms with Gasteiger partial charge in [-0.3, -0.25) is 0 Å². The van der Waals surface area contributed by atoms with Crippen molar-refractivity contribution in [1.29, 1.82) is 0 Å². The van der Waals surface area contributed by atoms with Gasteiger partial charge in [0, 0.05) is 6.08 Å². The molecule has 2 nitrogen and oxygen atoms in total. The van der Waals surface area contributed by atoms with Crippen LogP contribution in [-0.2, 0) is 4.79 Å². The molecule has 0 radical (unpaired) electrons. The van der Waals surface area contributed by atoms with Crippen molar-refractivity contribution in [2.45, 2.75) is 45.4 Å². The summed E-state index contributed by atoms with van der Waals surface area (Å²) in [5, 5.41) is 8.32. The van der Waals surface area contributed by atoms with Gasteiger partial charge in [0.1, 0.15) is 0 Å². The lowest BCUT2D eigenvalue weighted by molar-refractivity contribution is -0.131. The molecule has 0 aliphatic heterocycles. The molecule has 0 heterocycles. The minimum absolute atomic E-state index is 0.912. The SMILES string of the molecule is CCCCCCCC=CC=C/C=C\C(=O)O. The minimum atomic E-state index is -0.912. The molecule has 0 atom stereocenters. The molecule has 0 amide bonds. The molecule has 1 N–H and O–H groups in total. The molecule has 0 unspecified atom stereocenters. The molecule has 90 valence electrons. The Bertz CT molecular complexity index is 249. The van der Waals surface area contributed by atoms with E-state index in [0.717, 1.165) is 12.5 Å². The topological polar surface area (TPSA) is 37.3 Å². The predicted octanol–water partition coefficient (Wildman–Crippen LogP) is 4.10. The summed E-state index contributed by atoms with van der Waals surface area (Å²) in [5.41, 5.74) is 0. The van der Waals surface area contributed by atoms with Crippen LogP contribution in [0.5, 0.6) is 0 Å². The molecule has 0 spiro atoms. The Labute approximate surface area is 98.4 Å². The van der Waals surface area contributed by atoms with Crippen molar-refractivity contribution in [3.8, 4) is 0 Å². The molecule has 2 heteroatoms. The van der Waals surface area contributed by atoms with Crippen LogP contribution in [0, 0.1) is 0 Å². The number of carboxylic acids is 1. The van der Waals surface area contributed by atoms with Crippen LogP contribution in [0.25, 0.3) is 0 Å². The van der Waals surface area contributed by atoms with E-state index < -0.39 is 5.97 Å². The Hall–Kier alpha value is -1.31. The van der Waals surface area contributed by atoms with Gasteiger partial charge in [-0.15, -0.1) is 0 Å². The number of carboxylic acid groups (broad SMARTS) is 1. The van der Waals surface area contributed by atoms with Crippen LogP contribution in [0.2, 0.25) is 0 Å². The summed E-state index contributed by atoms with van der Waals surface area (Å²) in [6.07, 6.45) is 17.9. The number of carbonyl (C=O) groups is 1. The van der Waals surface area contributed by atoms with Gasteiger partial charge in [-0.1, -0.05) is 63.0 Å². The molecule has 0 aromatic heterocycles. The minimum Gasteiger partial charge on any atom is -0.478 e. The van der Waals surface area contributed by atoms with E-state index in [2.05, 4.69) is 13.0 Å². The third-order valence-electron chi connectivity index (χ3n) is 2.18. The molecule has 0 saturated carbocycles. The van der Waals surface area contributed by atoms with Crippen LogP contribution in [0.15, 0.2) is 36.5 Å². The molecule has 0 saturated heterocycles. The summed E-state index contributed by atoms with van der Waals surface area (Å²) < 4.78 is 0. The summed E-state index contributed by atoms with van der Waals surface area (Å²) in [5.74, 6) is -0.912. The smallest absolute Gasteiger partial charge is 0.328 e. The quantitative estimate of drug-likeness (QED) is 0.362. The Morgan fingerprint density at radius 3 is 2.38 bits per heavy atom. The predicted molar refractivity (Wildman–Crippen MR) is 68.4 cm³/mol. The molecule has 0 rings (SSSR count). The van der Waals surface area contributed by atoms with Gasteiger partial charge in [-0.05, 0) is 12.8 Å². The van der Waals surface area contributed by atoms with Gasteiger partial charge in [0.05, 0.1) is 0 Å². The van der Waals surface area contributed by atoms with Gasteiger partial charge in [0.15, 0.2) is 0 Å². The fourth-order valence-corrected chi connectivity index (χ4v) is 1.31. The maximum Gasteiger partial charge on any atom is 0.328 e. The highest BCUT2D eigenvalue weighted by Crippen LogP contribution is 2.05. The summed E-state index contributed by atoms with van der Waals surface area (Å²) in [7, 11) is 0. The van der Waals surface area contributed by atoms with Crippen molar-refractivity contribution in [3.63, 3.8) is 0 Å². The normalized spacial score (nSPS) is 12.1. The van der Waals surface area contributed by atoms with E-state index in [1.54, 1.807) is 6.08 Å². The lowest BCUT2D eigenvalue weighted by Gasteiger charge is -1.95. The first-order chi connectivity index (χ1) is 7.77. The van der Waals surface area contributed by atoms with Gasteiger partial charge in [0.2, 0.25) is 0 Å². The molecule has 16 heavy (non-hydrogen) atoms. The number of unbranched alkanes of at least 4 members (excludes halogenated alkanes) is 5. The van der Waals surface area contributed by atoms with E-state index in [0.29, 0.717) is 0 Å². The van der Waals surface area contributed by atoms with E-state index in [1.165, 1.54) is 38.2 Å². The average molecular weight is 222 g/mol. The number of rotatable bonds is 9. The van der Waals surface area contributed by atoms with Gasteiger partial charge in [-0.25, -0.2) is 4.79 Å². The number of allylic oxidation sites excluding steroid dienone is 5. The Morgan fingerprint density at radius 2 is 1.69 bits per heavy atom.